The van der Waals surface area contributed by atoms with Crippen LogP contribution < -0.4 is 4.90 Å². The van der Waals surface area contributed by atoms with Gasteiger partial charge in [0.25, 0.3) is 0 Å². The van der Waals surface area contributed by atoms with E-state index in [1.807, 2.05) is 4.31 Å². The Balaban J connectivity index is 2.10. The maximum atomic E-state index is 13.2. The van der Waals surface area contributed by atoms with Crippen molar-refractivity contribution in [3.05, 3.63) is 17.0 Å². The van der Waals surface area contributed by atoms with Gasteiger partial charge in [0, 0.05) is 26.2 Å². The first-order chi connectivity index (χ1) is 8.61. The highest BCUT2D eigenvalue weighted by Gasteiger charge is 2.23. The van der Waals surface area contributed by atoms with E-state index in [1.165, 1.54) is 0 Å². The van der Waals surface area contributed by atoms with E-state index in [0.717, 1.165) is 11.9 Å². The summed E-state index contributed by atoms with van der Waals surface area (Å²) in [4.78, 5) is 8.07. The van der Waals surface area contributed by atoms with E-state index in [0.29, 0.717) is 26.2 Å². The van der Waals surface area contributed by atoms with Gasteiger partial charge in [0.1, 0.15) is 11.0 Å². The normalized spacial score (nSPS) is 17.2. The monoisotopic (exact) mass is 298 g/mol. The topological polar surface area (TPSA) is 32.3 Å². The van der Waals surface area contributed by atoms with Gasteiger partial charge in [-0.05, 0) is 11.9 Å². The molecule has 0 bridgehead atoms. The Morgan fingerprint density at radius 2 is 1.83 bits per heavy atom. The van der Waals surface area contributed by atoms with Crippen LogP contribution in [0.3, 0.4) is 0 Å². The van der Waals surface area contributed by atoms with Gasteiger partial charge in [-0.25, -0.2) is 8.70 Å². The quantitative estimate of drug-likeness (QED) is 0.485. The number of aromatic nitrogens is 2. The first-order valence-corrected chi connectivity index (χ1v) is 6.51. The van der Waals surface area contributed by atoms with Gasteiger partial charge in [0.05, 0.1) is 0 Å². The zero-order valence-corrected chi connectivity index (χ0v) is 10.8. The second-order valence-electron chi connectivity index (χ2n) is 3.58. The Hall–Kier alpha value is -0.730. The molecule has 1 fully saturated rings. The summed E-state index contributed by atoms with van der Waals surface area (Å²) in [6.07, 6.45) is -1.15. The average molecular weight is 299 g/mol. The van der Waals surface area contributed by atoms with E-state index >= 15 is 0 Å². The molecular formula is C9H10ClF3N4S. The molecule has 100 valence electrons. The molecule has 9 heteroatoms. The summed E-state index contributed by atoms with van der Waals surface area (Å²) in [5.74, 6) is -1.02. The fraction of sp³-hybridized carbons (Fsp3) is 0.556. The predicted molar refractivity (Wildman–Crippen MR) is 64.3 cm³/mol. The number of hydrogen-bond donors (Lipinski definition) is 0. The molecule has 2 rings (SSSR count). The van der Waals surface area contributed by atoms with Crippen molar-refractivity contribution >= 4 is 29.4 Å². The smallest absolute Gasteiger partial charge is 0.313 e. The van der Waals surface area contributed by atoms with E-state index in [9.17, 15) is 13.2 Å². The number of nitrogens with zero attached hydrogens (tertiary/aromatic N) is 4. The van der Waals surface area contributed by atoms with Crippen LogP contribution in [0.4, 0.5) is 19.0 Å². The van der Waals surface area contributed by atoms with Crippen molar-refractivity contribution in [1.82, 2.24) is 14.3 Å². The van der Waals surface area contributed by atoms with E-state index in [2.05, 4.69) is 9.97 Å². The summed E-state index contributed by atoms with van der Waals surface area (Å²) in [6, 6.07) is -0.489. The summed E-state index contributed by atoms with van der Waals surface area (Å²) in [6.45, 7) is 2.08. The lowest BCUT2D eigenvalue weighted by atomic mass is 10.3. The SMILES string of the molecule is FCSN1CCN(c2nc(F)nc(F)c2Cl)CC1. The number of hydrogen-bond acceptors (Lipinski definition) is 5. The molecule has 1 aromatic heterocycles. The van der Waals surface area contributed by atoms with Crippen molar-refractivity contribution in [2.75, 3.05) is 37.1 Å². The van der Waals surface area contributed by atoms with Crippen LogP contribution >= 0.6 is 23.5 Å². The maximum Gasteiger partial charge on any atom is 0.313 e. The Bertz CT molecular complexity index is 429. The van der Waals surface area contributed by atoms with Crippen molar-refractivity contribution in [2.24, 2.45) is 0 Å². The maximum absolute atomic E-state index is 13.2. The van der Waals surface area contributed by atoms with Gasteiger partial charge in [-0.3, -0.25) is 0 Å². The van der Waals surface area contributed by atoms with Crippen molar-refractivity contribution in [1.29, 1.82) is 0 Å². The third-order valence-electron chi connectivity index (χ3n) is 2.54. The van der Waals surface area contributed by atoms with Crippen LogP contribution in [-0.4, -0.2) is 46.5 Å². The molecule has 1 saturated heterocycles. The van der Waals surface area contributed by atoms with Crippen molar-refractivity contribution in [3.8, 4) is 0 Å². The van der Waals surface area contributed by atoms with Gasteiger partial charge < -0.3 is 4.90 Å². The summed E-state index contributed by atoms with van der Waals surface area (Å²) in [5, 5.41) is -0.289. The molecule has 1 aliphatic heterocycles. The minimum absolute atomic E-state index is 0.0477. The molecule has 1 aromatic rings. The molecule has 2 heterocycles. The first kappa shape index (κ1) is 13.7. The summed E-state index contributed by atoms with van der Waals surface area (Å²) in [5.41, 5.74) is 0. The van der Waals surface area contributed by atoms with Crippen LogP contribution in [0.15, 0.2) is 0 Å². The number of piperazine rings is 1. The fourth-order valence-corrected chi connectivity index (χ4v) is 2.45. The van der Waals surface area contributed by atoms with Gasteiger partial charge in [0.2, 0.25) is 5.95 Å². The lowest BCUT2D eigenvalue weighted by molar-refractivity contribution is 0.417. The van der Waals surface area contributed by atoms with E-state index in [1.54, 1.807) is 4.90 Å². The molecule has 4 nitrogen and oxygen atoms in total. The lowest BCUT2D eigenvalue weighted by Crippen LogP contribution is -2.44. The van der Waals surface area contributed by atoms with Crippen LogP contribution in [0.25, 0.3) is 0 Å². The molecule has 1 aliphatic rings. The highest BCUT2D eigenvalue weighted by Crippen LogP contribution is 2.27. The predicted octanol–water partition coefficient (Wildman–Crippen LogP) is 2.11. The molecule has 0 unspecified atom stereocenters. The van der Waals surface area contributed by atoms with Crippen LogP contribution in [-0.2, 0) is 0 Å². The Kier molecular flexibility index (Phi) is 4.52. The molecule has 0 spiro atoms. The molecular weight excluding hydrogens is 289 g/mol. The first-order valence-electron chi connectivity index (χ1n) is 5.19. The molecule has 0 aromatic carbocycles. The van der Waals surface area contributed by atoms with E-state index in [-0.39, 0.29) is 10.8 Å². The molecule has 0 aliphatic carbocycles. The Labute approximate surface area is 111 Å². The summed E-state index contributed by atoms with van der Waals surface area (Å²) < 4.78 is 40.1. The zero-order chi connectivity index (χ0) is 13.1. The Morgan fingerprint density at radius 1 is 1.17 bits per heavy atom. The van der Waals surface area contributed by atoms with E-state index < -0.39 is 18.0 Å². The van der Waals surface area contributed by atoms with Crippen LogP contribution in [0.2, 0.25) is 5.02 Å². The zero-order valence-electron chi connectivity index (χ0n) is 9.24. The number of rotatable bonds is 3. The lowest BCUT2D eigenvalue weighted by Gasteiger charge is -2.34. The van der Waals surface area contributed by atoms with Crippen LogP contribution in [0, 0.1) is 12.0 Å². The minimum atomic E-state index is -1.15. The van der Waals surface area contributed by atoms with Crippen molar-refractivity contribution in [3.63, 3.8) is 0 Å². The third-order valence-corrected chi connectivity index (χ3v) is 3.69. The highest BCUT2D eigenvalue weighted by molar-refractivity contribution is 7.96. The van der Waals surface area contributed by atoms with E-state index in [4.69, 9.17) is 11.6 Å². The van der Waals surface area contributed by atoms with Gasteiger partial charge in [-0.2, -0.15) is 18.7 Å². The number of alkyl halides is 1. The second kappa shape index (κ2) is 5.94. The van der Waals surface area contributed by atoms with Crippen molar-refractivity contribution < 1.29 is 13.2 Å². The fourth-order valence-electron chi connectivity index (χ4n) is 1.69. The van der Waals surface area contributed by atoms with Gasteiger partial charge in [-0.1, -0.05) is 11.6 Å². The van der Waals surface area contributed by atoms with Crippen LogP contribution in [0.1, 0.15) is 0 Å². The van der Waals surface area contributed by atoms with Crippen molar-refractivity contribution in [2.45, 2.75) is 0 Å². The Morgan fingerprint density at radius 3 is 2.44 bits per heavy atom. The molecule has 0 N–H and O–H groups in total. The van der Waals surface area contributed by atoms with Gasteiger partial charge in [0.15, 0.2) is 5.82 Å². The minimum Gasteiger partial charge on any atom is -0.352 e. The largest absolute Gasteiger partial charge is 0.352 e. The third kappa shape index (κ3) is 2.99. The summed E-state index contributed by atoms with van der Waals surface area (Å²) >= 11 is 6.79. The number of halogens is 4. The molecule has 0 amide bonds. The van der Waals surface area contributed by atoms with Gasteiger partial charge >= 0.3 is 6.08 Å². The molecule has 18 heavy (non-hydrogen) atoms. The molecule has 0 radical (unpaired) electrons. The molecule has 0 atom stereocenters. The summed E-state index contributed by atoms with van der Waals surface area (Å²) in [7, 11) is 0. The molecule has 0 saturated carbocycles. The van der Waals surface area contributed by atoms with Gasteiger partial charge in [-0.15, -0.1) is 0 Å². The standard InChI is InChI=1S/C9H10ClF3N4S/c10-6-7(12)14-9(13)15-8(6)16-1-3-17(4-2-16)18-5-11/h1-5H2. The van der Waals surface area contributed by atoms with Crippen LogP contribution in [0.5, 0.6) is 0 Å². The average Bonchev–Trinajstić information content (AvgIpc) is 2.35. The second-order valence-corrected chi connectivity index (χ2v) is 4.95. The highest BCUT2D eigenvalue weighted by atomic mass is 35.5. The number of anilines is 1.